The van der Waals surface area contributed by atoms with Gasteiger partial charge in [0.1, 0.15) is 6.26 Å². The van der Waals surface area contributed by atoms with E-state index in [1.165, 1.54) is 12.7 Å². The van der Waals surface area contributed by atoms with Gasteiger partial charge in [0.15, 0.2) is 12.1 Å². The van der Waals surface area contributed by atoms with Crippen molar-refractivity contribution < 1.29 is 9.21 Å². The molecule has 4 nitrogen and oxygen atoms in total. The van der Waals surface area contributed by atoms with Crippen LogP contribution in [0.25, 0.3) is 0 Å². The fourth-order valence-electron chi connectivity index (χ4n) is 1.44. The van der Waals surface area contributed by atoms with E-state index < -0.39 is 0 Å². The Kier molecular flexibility index (Phi) is 2.04. The Hall–Kier alpha value is -1.32. The molecule has 1 aliphatic carbocycles. The van der Waals surface area contributed by atoms with Gasteiger partial charge in [-0.3, -0.25) is 4.79 Å². The standard InChI is InChI=1S/C9H12N2O2/c1-2-6-3-7(6)11-9(12)8-4-13-5-10-8/h4-7H,2-3H2,1H3,(H,11,12)/t6-,7-/m1/s1. The van der Waals surface area contributed by atoms with E-state index in [2.05, 4.69) is 17.2 Å². The third kappa shape index (κ3) is 1.71. The molecular weight excluding hydrogens is 168 g/mol. The van der Waals surface area contributed by atoms with Crippen LogP contribution < -0.4 is 5.32 Å². The number of carbonyl (C=O) groups excluding carboxylic acids is 1. The Morgan fingerprint density at radius 2 is 2.69 bits per heavy atom. The minimum atomic E-state index is -0.130. The van der Waals surface area contributed by atoms with Gasteiger partial charge in [0.2, 0.25) is 0 Å². The lowest BCUT2D eigenvalue weighted by molar-refractivity contribution is 0.0944. The summed E-state index contributed by atoms with van der Waals surface area (Å²) in [4.78, 5) is 15.2. The summed E-state index contributed by atoms with van der Waals surface area (Å²) in [6.45, 7) is 2.13. The summed E-state index contributed by atoms with van der Waals surface area (Å²) in [5.41, 5.74) is 0.363. The van der Waals surface area contributed by atoms with Crippen molar-refractivity contribution in [3.8, 4) is 0 Å². The molecule has 70 valence electrons. The van der Waals surface area contributed by atoms with E-state index in [0.29, 0.717) is 17.7 Å². The van der Waals surface area contributed by atoms with Gasteiger partial charge in [0.05, 0.1) is 0 Å². The number of hydrogen-bond donors (Lipinski definition) is 1. The normalized spacial score (nSPS) is 25.6. The molecule has 0 unspecified atom stereocenters. The maximum Gasteiger partial charge on any atom is 0.273 e. The molecule has 1 aliphatic rings. The van der Waals surface area contributed by atoms with Crippen LogP contribution >= 0.6 is 0 Å². The van der Waals surface area contributed by atoms with Crippen molar-refractivity contribution in [3.05, 3.63) is 18.4 Å². The summed E-state index contributed by atoms with van der Waals surface area (Å²) in [7, 11) is 0. The molecule has 0 radical (unpaired) electrons. The van der Waals surface area contributed by atoms with Gasteiger partial charge >= 0.3 is 0 Å². The number of aromatic nitrogens is 1. The summed E-state index contributed by atoms with van der Waals surface area (Å²) < 4.78 is 4.72. The Morgan fingerprint density at radius 1 is 1.85 bits per heavy atom. The highest BCUT2D eigenvalue weighted by Crippen LogP contribution is 2.33. The third-order valence-electron chi connectivity index (χ3n) is 2.43. The monoisotopic (exact) mass is 180 g/mol. The molecular formula is C9H12N2O2. The summed E-state index contributed by atoms with van der Waals surface area (Å²) in [5.74, 6) is 0.533. The topological polar surface area (TPSA) is 55.1 Å². The van der Waals surface area contributed by atoms with Crippen LogP contribution in [0.3, 0.4) is 0 Å². The molecule has 2 rings (SSSR count). The van der Waals surface area contributed by atoms with Crippen LogP contribution in [0, 0.1) is 5.92 Å². The highest BCUT2D eigenvalue weighted by atomic mass is 16.3. The van der Waals surface area contributed by atoms with Gasteiger partial charge in [0, 0.05) is 6.04 Å². The predicted molar refractivity (Wildman–Crippen MR) is 46.2 cm³/mol. The van der Waals surface area contributed by atoms with Gasteiger partial charge in [-0.25, -0.2) is 4.98 Å². The van der Waals surface area contributed by atoms with Crippen LogP contribution in [-0.2, 0) is 0 Å². The van der Waals surface area contributed by atoms with Crippen molar-refractivity contribution in [1.82, 2.24) is 10.3 Å². The lowest BCUT2D eigenvalue weighted by Gasteiger charge is -1.99. The molecule has 13 heavy (non-hydrogen) atoms. The van der Waals surface area contributed by atoms with Crippen LogP contribution in [0.2, 0.25) is 0 Å². The fraction of sp³-hybridized carbons (Fsp3) is 0.556. The second-order valence-corrected chi connectivity index (χ2v) is 3.36. The van der Waals surface area contributed by atoms with Gasteiger partial charge in [-0.1, -0.05) is 13.3 Å². The SMILES string of the molecule is CC[C@@H]1C[C@H]1NC(=O)c1cocn1. The molecule has 0 saturated heterocycles. The fourth-order valence-corrected chi connectivity index (χ4v) is 1.44. The van der Waals surface area contributed by atoms with E-state index in [1.807, 2.05) is 0 Å². The van der Waals surface area contributed by atoms with Crippen LogP contribution in [0.1, 0.15) is 30.3 Å². The molecule has 0 aromatic carbocycles. The molecule has 1 saturated carbocycles. The van der Waals surface area contributed by atoms with Crippen LogP contribution in [0.15, 0.2) is 17.1 Å². The van der Waals surface area contributed by atoms with Crippen LogP contribution in [0.5, 0.6) is 0 Å². The zero-order valence-electron chi connectivity index (χ0n) is 7.49. The van der Waals surface area contributed by atoms with Crippen molar-refractivity contribution in [2.45, 2.75) is 25.8 Å². The average Bonchev–Trinajstić information content (AvgIpc) is 2.68. The summed E-state index contributed by atoms with van der Waals surface area (Å²) in [6, 6.07) is 0.356. The zero-order valence-corrected chi connectivity index (χ0v) is 7.49. The van der Waals surface area contributed by atoms with Crippen LogP contribution in [0.4, 0.5) is 0 Å². The Bertz CT molecular complexity index is 295. The highest BCUT2D eigenvalue weighted by molar-refractivity contribution is 5.92. The first kappa shape index (κ1) is 8.29. The van der Waals surface area contributed by atoms with Gasteiger partial charge in [0.25, 0.3) is 5.91 Å². The van der Waals surface area contributed by atoms with Crippen molar-refractivity contribution >= 4 is 5.91 Å². The second kappa shape index (κ2) is 3.20. The zero-order chi connectivity index (χ0) is 9.26. The third-order valence-corrected chi connectivity index (χ3v) is 2.43. The molecule has 1 aromatic heterocycles. The Morgan fingerprint density at radius 3 is 3.23 bits per heavy atom. The van der Waals surface area contributed by atoms with Crippen molar-refractivity contribution in [2.24, 2.45) is 5.92 Å². The van der Waals surface area contributed by atoms with Gasteiger partial charge in [-0.2, -0.15) is 0 Å². The van der Waals surface area contributed by atoms with Crippen molar-refractivity contribution in [2.75, 3.05) is 0 Å². The largest absolute Gasteiger partial charge is 0.451 e. The number of nitrogens with one attached hydrogen (secondary N) is 1. The van der Waals surface area contributed by atoms with Gasteiger partial charge in [-0.05, 0) is 12.3 Å². The van der Waals surface area contributed by atoms with E-state index in [-0.39, 0.29) is 5.91 Å². The van der Waals surface area contributed by atoms with E-state index in [1.54, 1.807) is 0 Å². The number of rotatable bonds is 3. The van der Waals surface area contributed by atoms with E-state index in [0.717, 1.165) is 12.8 Å². The van der Waals surface area contributed by atoms with Gasteiger partial charge in [-0.15, -0.1) is 0 Å². The van der Waals surface area contributed by atoms with Crippen LogP contribution in [-0.4, -0.2) is 16.9 Å². The number of nitrogens with zero attached hydrogens (tertiary/aromatic N) is 1. The first-order valence-corrected chi connectivity index (χ1v) is 4.50. The minimum absolute atomic E-state index is 0.130. The Labute approximate surface area is 76.3 Å². The second-order valence-electron chi connectivity index (χ2n) is 3.36. The maximum atomic E-state index is 11.4. The number of oxazole rings is 1. The molecule has 1 N–H and O–H groups in total. The number of hydrogen-bond acceptors (Lipinski definition) is 3. The molecule has 1 fully saturated rings. The first-order valence-electron chi connectivity index (χ1n) is 4.50. The molecule has 0 spiro atoms. The number of carbonyl (C=O) groups is 1. The molecule has 1 amide bonds. The predicted octanol–water partition coefficient (Wildman–Crippen LogP) is 1.20. The minimum Gasteiger partial charge on any atom is -0.451 e. The van der Waals surface area contributed by atoms with E-state index in [4.69, 9.17) is 4.42 Å². The lowest BCUT2D eigenvalue weighted by atomic mass is 10.3. The van der Waals surface area contributed by atoms with Crippen molar-refractivity contribution in [3.63, 3.8) is 0 Å². The lowest BCUT2D eigenvalue weighted by Crippen LogP contribution is -2.26. The summed E-state index contributed by atoms with van der Waals surface area (Å²) >= 11 is 0. The smallest absolute Gasteiger partial charge is 0.273 e. The maximum absolute atomic E-state index is 11.4. The molecule has 2 atom stereocenters. The number of amides is 1. The van der Waals surface area contributed by atoms with E-state index in [9.17, 15) is 4.79 Å². The average molecular weight is 180 g/mol. The van der Waals surface area contributed by atoms with Crippen molar-refractivity contribution in [1.29, 1.82) is 0 Å². The molecule has 1 heterocycles. The molecule has 0 bridgehead atoms. The summed E-state index contributed by atoms with van der Waals surface area (Å²) in [6.07, 6.45) is 4.85. The molecule has 0 aliphatic heterocycles. The van der Waals surface area contributed by atoms with Gasteiger partial charge < -0.3 is 9.73 Å². The quantitative estimate of drug-likeness (QED) is 0.760. The first-order chi connectivity index (χ1) is 6.31. The molecule has 4 heteroatoms. The van der Waals surface area contributed by atoms with E-state index >= 15 is 0 Å². The summed E-state index contributed by atoms with van der Waals surface area (Å²) in [5, 5.41) is 2.90. The highest BCUT2D eigenvalue weighted by Gasteiger charge is 2.36. The molecule has 1 aromatic rings. The Balaban J connectivity index is 1.87.